The maximum absolute atomic E-state index is 11.9. The molecule has 1 rings (SSSR count). The lowest BCUT2D eigenvalue weighted by atomic mass is 9.76. The zero-order valence-electron chi connectivity index (χ0n) is 11.9. The van der Waals surface area contributed by atoms with Gasteiger partial charge in [-0.1, -0.05) is 44.2 Å². The van der Waals surface area contributed by atoms with E-state index in [0.29, 0.717) is 5.92 Å². The van der Waals surface area contributed by atoms with Crippen LogP contribution < -0.4 is 0 Å². The predicted octanol–water partition coefficient (Wildman–Crippen LogP) is 4.16. The molecule has 0 aliphatic rings. The molecule has 2 atom stereocenters. The molecule has 2 nitrogen and oxygen atoms in total. The number of ether oxygens (including phenoxy) is 1. The van der Waals surface area contributed by atoms with Crippen LogP contribution in [0.4, 0.5) is 0 Å². The molecule has 0 saturated heterocycles. The molecule has 2 heteroatoms. The molecule has 0 fully saturated rings. The van der Waals surface area contributed by atoms with Crippen molar-refractivity contribution in [3.8, 4) is 0 Å². The van der Waals surface area contributed by atoms with E-state index in [9.17, 15) is 4.79 Å². The highest BCUT2D eigenvalue weighted by molar-refractivity contribution is 5.76. The average Bonchev–Trinajstić information content (AvgIpc) is 2.44. The van der Waals surface area contributed by atoms with E-state index in [1.807, 2.05) is 13.0 Å². The number of esters is 1. The Balaban J connectivity index is 2.88. The zero-order chi connectivity index (χ0) is 13.6. The number of carbonyl (C=O) groups excluding carboxylic acids is 1. The van der Waals surface area contributed by atoms with Crippen LogP contribution in [0.5, 0.6) is 0 Å². The molecule has 18 heavy (non-hydrogen) atoms. The van der Waals surface area contributed by atoms with Crippen LogP contribution in [0.3, 0.4) is 0 Å². The van der Waals surface area contributed by atoms with Crippen LogP contribution in [0.2, 0.25) is 0 Å². The first-order valence-electron chi connectivity index (χ1n) is 6.70. The Morgan fingerprint density at radius 1 is 1.28 bits per heavy atom. The lowest BCUT2D eigenvalue weighted by Crippen LogP contribution is -2.30. The van der Waals surface area contributed by atoms with E-state index in [1.54, 1.807) is 0 Å². The molecule has 1 aromatic rings. The van der Waals surface area contributed by atoms with Gasteiger partial charge in [-0.25, -0.2) is 0 Å². The summed E-state index contributed by atoms with van der Waals surface area (Å²) in [6.45, 7) is 6.23. The van der Waals surface area contributed by atoms with Gasteiger partial charge in [0.05, 0.1) is 12.5 Å². The van der Waals surface area contributed by atoms with Gasteiger partial charge in [0.1, 0.15) is 0 Å². The first-order valence-corrected chi connectivity index (χ1v) is 6.70. The Bertz CT molecular complexity index is 372. The lowest BCUT2D eigenvalue weighted by molar-refractivity contribution is -0.152. The molecule has 0 saturated carbocycles. The van der Waals surface area contributed by atoms with Crippen molar-refractivity contribution in [3.63, 3.8) is 0 Å². The highest BCUT2D eigenvalue weighted by atomic mass is 16.5. The topological polar surface area (TPSA) is 26.3 Å². The van der Waals surface area contributed by atoms with Crippen LogP contribution >= 0.6 is 0 Å². The first kappa shape index (κ1) is 14.7. The van der Waals surface area contributed by atoms with Gasteiger partial charge >= 0.3 is 5.97 Å². The van der Waals surface area contributed by atoms with Crippen LogP contribution in [0, 0.1) is 5.41 Å². The van der Waals surface area contributed by atoms with Crippen LogP contribution in [-0.4, -0.2) is 13.1 Å². The minimum absolute atomic E-state index is 0.0978. The number of benzene rings is 1. The van der Waals surface area contributed by atoms with Gasteiger partial charge in [-0.2, -0.15) is 0 Å². The van der Waals surface area contributed by atoms with Crippen molar-refractivity contribution in [1.29, 1.82) is 0 Å². The Morgan fingerprint density at radius 2 is 1.89 bits per heavy atom. The van der Waals surface area contributed by atoms with Gasteiger partial charge in [0.15, 0.2) is 0 Å². The van der Waals surface area contributed by atoms with Crippen LogP contribution in [0.25, 0.3) is 0 Å². The van der Waals surface area contributed by atoms with Gasteiger partial charge in [-0.3, -0.25) is 4.79 Å². The second-order valence-corrected chi connectivity index (χ2v) is 5.13. The van der Waals surface area contributed by atoms with Crippen LogP contribution in [0.15, 0.2) is 30.3 Å². The monoisotopic (exact) mass is 248 g/mol. The second kappa shape index (κ2) is 6.58. The third kappa shape index (κ3) is 3.34. The standard InChI is InChI=1S/C16H24O2/c1-5-13(14-10-8-7-9-11-14)12-16(3,6-2)15(17)18-4/h7-11,13H,5-6,12H2,1-4H3. The van der Waals surface area contributed by atoms with Crippen molar-refractivity contribution in [2.75, 3.05) is 7.11 Å². The first-order chi connectivity index (χ1) is 8.57. The quantitative estimate of drug-likeness (QED) is 0.707. The Kier molecular flexibility index (Phi) is 5.39. The van der Waals surface area contributed by atoms with E-state index in [1.165, 1.54) is 12.7 Å². The van der Waals surface area contributed by atoms with Gasteiger partial charge in [-0.05, 0) is 37.7 Å². The molecule has 0 aliphatic carbocycles. The number of methoxy groups -OCH3 is 1. The molecule has 2 unspecified atom stereocenters. The van der Waals surface area contributed by atoms with Crippen LogP contribution in [0.1, 0.15) is 51.5 Å². The largest absolute Gasteiger partial charge is 0.469 e. The van der Waals surface area contributed by atoms with Crippen molar-refractivity contribution in [1.82, 2.24) is 0 Å². The normalized spacial score (nSPS) is 15.8. The number of hydrogen-bond acceptors (Lipinski definition) is 2. The lowest BCUT2D eigenvalue weighted by Gasteiger charge is -2.29. The molecular weight excluding hydrogens is 224 g/mol. The van der Waals surface area contributed by atoms with Gasteiger partial charge in [0.25, 0.3) is 0 Å². The minimum atomic E-state index is -0.384. The fourth-order valence-corrected chi connectivity index (χ4v) is 2.39. The number of rotatable bonds is 6. The maximum atomic E-state index is 11.9. The fraction of sp³-hybridized carbons (Fsp3) is 0.562. The Hall–Kier alpha value is -1.31. The molecule has 100 valence electrons. The smallest absolute Gasteiger partial charge is 0.311 e. The van der Waals surface area contributed by atoms with Crippen molar-refractivity contribution in [2.24, 2.45) is 5.41 Å². The van der Waals surface area contributed by atoms with E-state index in [-0.39, 0.29) is 11.4 Å². The summed E-state index contributed by atoms with van der Waals surface area (Å²) in [4.78, 5) is 11.9. The summed E-state index contributed by atoms with van der Waals surface area (Å²) in [6, 6.07) is 10.4. The molecule has 0 bridgehead atoms. The molecule has 0 radical (unpaired) electrons. The van der Waals surface area contributed by atoms with Crippen molar-refractivity contribution in [2.45, 2.75) is 46.0 Å². The van der Waals surface area contributed by atoms with Crippen molar-refractivity contribution >= 4 is 5.97 Å². The summed E-state index contributed by atoms with van der Waals surface area (Å²) in [7, 11) is 1.47. The molecular formula is C16H24O2. The molecule has 0 heterocycles. The van der Waals surface area contributed by atoms with Crippen molar-refractivity contribution < 1.29 is 9.53 Å². The third-order valence-corrected chi connectivity index (χ3v) is 3.92. The summed E-state index contributed by atoms with van der Waals surface area (Å²) in [6.07, 6.45) is 2.69. The van der Waals surface area contributed by atoms with Gasteiger partial charge in [0, 0.05) is 0 Å². The summed E-state index contributed by atoms with van der Waals surface area (Å²) in [5, 5.41) is 0. The van der Waals surface area contributed by atoms with Gasteiger partial charge in [-0.15, -0.1) is 0 Å². The number of carbonyl (C=O) groups is 1. The maximum Gasteiger partial charge on any atom is 0.311 e. The molecule has 0 aliphatic heterocycles. The highest BCUT2D eigenvalue weighted by Gasteiger charge is 2.34. The van der Waals surface area contributed by atoms with Gasteiger partial charge in [0.2, 0.25) is 0 Å². The van der Waals surface area contributed by atoms with E-state index >= 15 is 0 Å². The molecule has 0 aromatic heterocycles. The van der Waals surface area contributed by atoms with Gasteiger partial charge < -0.3 is 4.74 Å². The predicted molar refractivity (Wildman–Crippen MR) is 74.5 cm³/mol. The average molecular weight is 248 g/mol. The Morgan fingerprint density at radius 3 is 2.33 bits per heavy atom. The summed E-state index contributed by atoms with van der Waals surface area (Å²) in [5.74, 6) is 0.314. The molecule has 0 N–H and O–H groups in total. The van der Waals surface area contributed by atoms with Crippen LogP contribution in [-0.2, 0) is 9.53 Å². The highest BCUT2D eigenvalue weighted by Crippen LogP contribution is 2.37. The van der Waals surface area contributed by atoms with Crippen molar-refractivity contribution in [3.05, 3.63) is 35.9 Å². The SMILES string of the molecule is CCC(CC(C)(CC)C(=O)OC)c1ccccc1. The Labute approximate surface area is 110 Å². The van der Waals surface area contributed by atoms with E-state index in [2.05, 4.69) is 38.1 Å². The molecule has 1 aromatic carbocycles. The number of hydrogen-bond donors (Lipinski definition) is 0. The summed E-state index contributed by atoms with van der Waals surface area (Å²) >= 11 is 0. The minimum Gasteiger partial charge on any atom is -0.469 e. The molecule has 0 amide bonds. The van der Waals surface area contributed by atoms with E-state index < -0.39 is 0 Å². The zero-order valence-corrected chi connectivity index (χ0v) is 11.9. The summed E-state index contributed by atoms with van der Waals surface area (Å²) in [5.41, 5.74) is 0.925. The van der Waals surface area contributed by atoms with E-state index in [4.69, 9.17) is 4.74 Å². The van der Waals surface area contributed by atoms with E-state index in [0.717, 1.165) is 19.3 Å². The second-order valence-electron chi connectivity index (χ2n) is 5.13. The molecule has 0 spiro atoms. The third-order valence-electron chi connectivity index (χ3n) is 3.92. The fourth-order valence-electron chi connectivity index (χ4n) is 2.39. The summed E-state index contributed by atoms with van der Waals surface area (Å²) < 4.78 is 4.95.